The summed E-state index contributed by atoms with van der Waals surface area (Å²) >= 11 is 0.953. The Kier molecular flexibility index (Phi) is 6.10. The normalized spacial score (nSPS) is 11.7. The quantitative estimate of drug-likeness (QED) is 0.549. The predicted octanol–water partition coefficient (Wildman–Crippen LogP) is 4.03. The molecule has 154 valence electrons. The number of carbonyl (C=O) groups excluding carboxylic acids is 1. The van der Waals surface area contributed by atoms with Crippen LogP contribution in [0.3, 0.4) is 0 Å². The van der Waals surface area contributed by atoms with Crippen LogP contribution in [-0.2, 0) is 6.42 Å². The maximum Gasteiger partial charge on any atom is 0.251 e. The molecule has 0 fully saturated rings. The van der Waals surface area contributed by atoms with Crippen LogP contribution in [0.1, 0.15) is 34.1 Å². The third kappa shape index (κ3) is 4.45. The highest BCUT2D eigenvalue weighted by Gasteiger charge is 2.21. The number of primary amides is 1. The molecule has 0 aliphatic heterocycles. The third-order valence-electron chi connectivity index (χ3n) is 4.32. The number of aromatic nitrogens is 1. The van der Waals surface area contributed by atoms with E-state index in [0.717, 1.165) is 23.5 Å². The van der Waals surface area contributed by atoms with E-state index >= 15 is 0 Å². The Morgan fingerprint density at radius 2 is 2.00 bits per heavy atom. The fourth-order valence-electron chi connectivity index (χ4n) is 2.98. The number of rotatable bonds is 6. The molecule has 6 nitrogen and oxygen atoms in total. The van der Waals surface area contributed by atoms with E-state index < -0.39 is 23.6 Å². The molecule has 9 heteroatoms. The number of halogens is 2. The summed E-state index contributed by atoms with van der Waals surface area (Å²) < 4.78 is 29.3. The van der Waals surface area contributed by atoms with Crippen LogP contribution in [-0.4, -0.2) is 22.1 Å². The van der Waals surface area contributed by atoms with Gasteiger partial charge in [0.15, 0.2) is 0 Å². The lowest BCUT2D eigenvalue weighted by Crippen LogP contribution is -2.11. The van der Waals surface area contributed by atoms with Gasteiger partial charge in [-0.2, -0.15) is 5.26 Å². The molecule has 1 aromatic carbocycles. The number of aliphatic hydroxyl groups is 1. The molecule has 0 spiro atoms. The first-order valence-corrected chi connectivity index (χ1v) is 9.76. The van der Waals surface area contributed by atoms with Gasteiger partial charge in [-0.05, 0) is 56.2 Å². The number of aryl methyl sites for hydroxylation is 1. The van der Waals surface area contributed by atoms with E-state index in [2.05, 4.69) is 10.3 Å². The Balaban J connectivity index is 2.02. The van der Waals surface area contributed by atoms with Crippen LogP contribution in [0.25, 0.3) is 10.4 Å². The summed E-state index contributed by atoms with van der Waals surface area (Å²) in [5, 5.41) is 21.7. The number of aliphatic hydroxyl groups excluding tert-OH is 1. The Morgan fingerprint density at radius 3 is 2.53 bits per heavy atom. The van der Waals surface area contributed by atoms with Crippen molar-refractivity contribution in [3.8, 4) is 16.5 Å². The average molecular weight is 428 g/mol. The standard InChI is InChI=1S/C21H18F2N4O2S/c1-10(28)5-12-6-15(22)19(16(23)7-12)17-8-14(20(25)29)21(30-17)27-18-4-3-13(9-24)11(2)26-18/h3-4,6-8,10,28H,5H2,1-2H3,(H2,25,29)(H,26,27). The summed E-state index contributed by atoms with van der Waals surface area (Å²) in [5.74, 6) is -2.02. The monoisotopic (exact) mass is 428 g/mol. The zero-order valence-corrected chi connectivity index (χ0v) is 17.0. The molecule has 0 saturated carbocycles. The molecular weight excluding hydrogens is 410 g/mol. The third-order valence-corrected chi connectivity index (χ3v) is 5.39. The summed E-state index contributed by atoms with van der Waals surface area (Å²) in [4.78, 5) is 16.3. The van der Waals surface area contributed by atoms with Gasteiger partial charge in [-0.3, -0.25) is 4.79 Å². The van der Waals surface area contributed by atoms with Crippen LogP contribution in [0.2, 0.25) is 0 Å². The van der Waals surface area contributed by atoms with Crippen molar-refractivity contribution in [2.45, 2.75) is 26.4 Å². The number of amides is 1. The SMILES string of the molecule is Cc1nc(Nc2sc(-c3c(F)cc(CC(C)O)cc3F)cc2C(N)=O)ccc1C#N. The molecule has 0 bridgehead atoms. The predicted molar refractivity (Wildman–Crippen MR) is 111 cm³/mol. The molecular formula is C21H18F2N4O2S. The molecule has 2 heterocycles. The van der Waals surface area contributed by atoms with Crippen LogP contribution in [0.4, 0.5) is 19.6 Å². The molecule has 1 atom stereocenters. The largest absolute Gasteiger partial charge is 0.393 e. The van der Waals surface area contributed by atoms with Crippen molar-refractivity contribution in [3.05, 3.63) is 64.4 Å². The fraction of sp³-hybridized carbons (Fsp3) is 0.190. The van der Waals surface area contributed by atoms with E-state index in [9.17, 15) is 18.7 Å². The molecule has 0 radical (unpaired) electrons. The lowest BCUT2D eigenvalue weighted by molar-refractivity contribution is 0.100. The minimum Gasteiger partial charge on any atom is -0.393 e. The number of hydrogen-bond acceptors (Lipinski definition) is 6. The first-order chi connectivity index (χ1) is 14.2. The molecule has 3 rings (SSSR count). The highest BCUT2D eigenvalue weighted by Crippen LogP contribution is 2.39. The van der Waals surface area contributed by atoms with Crippen LogP contribution in [0, 0.1) is 29.9 Å². The van der Waals surface area contributed by atoms with Crippen molar-refractivity contribution in [1.29, 1.82) is 5.26 Å². The number of pyridine rings is 1. The number of carbonyl (C=O) groups is 1. The Labute approximate surface area is 175 Å². The van der Waals surface area contributed by atoms with Gasteiger partial charge in [0.1, 0.15) is 28.5 Å². The maximum absolute atomic E-state index is 14.7. The molecule has 0 aliphatic carbocycles. The summed E-state index contributed by atoms with van der Waals surface area (Å²) in [7, 11) is 0. The number of nitrogens with two attached hydrogens (primary N) is 1. The van der Waals surface area contributed by atoms with Gasteiger partial charge in [-0.25, -0.2) is 13.8 Å². The smallest absolute Gasteiger partial charge is 0.251 e. The topological polar surface area (TPSA) is 112 Å². The molecule has 30 heavy (non-hydrogen) atoms. The van der Waals surface area contributed by atoms with E-state index in [1.807, 2.05) is 6.07 Å². The molecule has 0 aliphatic rings. The number of anilines is 2. The summed E-state index contributed by atoms with van der Waals surface area (Å²) in [6.45, 7) is 3.19. The minimum atomic E-state index is -0.804. The first-order valence-electron chi connectivity index (χ1n) is 8.94. The van der Waals surface area contributed by atoms with Crippen molar-refractivity contribution in [2.75, 3.05) is 5.32 Å². The fourth-order valence-corrected chi connectivity index (χ4v) is 4.09. The van der Waals surface area contributed by atoms with E-state index in [0.29, 0.717) is 22.6 Å². The van der Waals surface area contributed by atoms with Gasteiger partial charge in [-0.1, -0.05) is 0 Å². The van der Waals surface area contributed by atoms with Crippen LogP contribution in [0.5, 0.6) is 0 Å². The Bertz CT molecular complexity index is 1150. The Hall–Kier alpha value is -3.35. The second kappa shape index (κ2) is 8.57. The van der Waals surface area contributed by atoms with E-state index in [4.69, 9.17) is 11.0 Å². The van der Waals surface area contributed by atoms with E-state index in [1.165, 1.54) is 13.0 Å². The highest BCUT2D eigenvalue weighted by atomic mass is 32.1. The zero-order valence-electron chi connectivity index (χ0n) is 16.2. The van der Waals surface area contributed by atoms with Gasteiger partial charge in [0.2, 0.25) is 0 Å². The van der Waals surface area contributed by atoms with Crippen molar-refractivity contribution in [2.24, 2.45) is 5.73 Å². The van der Waals surface area contributed by atoms with Gasteiger partial charge in [0.05, 0.1) is 28.5 Å². The number of hydrogen-bond donors (Lipinski definition) is 3. The Morgan fingerprint density at radius 1 is 1.33 bits per heavy atom. The molecule has 0 saturated heterocycles. The van der Waals surface area contributed by atoms with Gasteiger partial charge in [0.25, 0.3) is 5.91 Å². The van der Waals surface area contributed by atoms with Gasteiger partial charge >= 0.3 is 0 Å². The summed E-state index contributed by atoms with van der Waals surface area (Å²) in [5.41, 5.74) is 6.44. The van der Waals surface area contributed by atoms with Crippen molar-refractivity contribution < 1.29 is 18.7 Å². The van der Waals surface area contributed by atoms with Crippen molar-refractivity contribution in [3.63, 3.8) is 0 Å². The van der Waals surface area contributed by atoms with Gasteiger partial charge in [0, 0.05) is 4.88 Å². The van der Waals surface area contributed by atoms with Crippen LogP contribution >= 0.6 is 11.3 Å². The van der Waals surface area contributed by atoms with Gasteiger partial charge in [-0.15, -0.1) is 11.3 Å². The zero-order chi connectivity index (χ0) is 22.0. The molecule has 2 aromatic heterocycles. The van der Waals surface area contributed by atoms with Gasteiger partial charge < -0.3 is 16.2 Å². The van der Waals surface area contributed by atoms with Crippen LogP contribution < -0.4 is 11.1 Å². The first kappa shape index (κ1) is 21.4. The number of nitrogens with one attached hydrogen (secondary N) is 1. The lowest BCUT2D eigenvalue weighted by Gasteiger charge is -2.08. The maximum atomic E-state index is 14.7. The van der Waals surface area contributed by atoms with Crippen molar-refractivity contribution in [1.82, 2.24) is 4.98 Å². The number of nitrogens with zero attached hydrogens (tertiary/aromatic N) is 2. The number of benzene rings is 1. The van der Waals surface area contributed by atoms with Crippen LogP contribution in [0.15, 0.2) is 30.3 Å². The van der Waals surface area contributed by atoms with Crippen molar-refractivity contribution >= 4 is 28.1 Å². The minimum absolute atomic E-state index is 0.0608. The summed E-state index contributed by atoms with van der Waals surface area (Å²) in [6, 6.07) is 8.78. The molecule has 3 aromatic rings. The second-order valence-electron chi connectivity index (χ2n) is 6.77. The number of thiophene rings is 1. The molecule has 1 unspecified atom stereocenters. The van der Waals surface area contributed by atoms with E-state index in [-0.39, 0.29) is 27.4 Å². The average Bonchev–Trinajstić information content (AvgIpc) is 3.04. The summed E-state index contributed by atoms with van der Waals surface area (Å²) in [6.07, 6.45) is -0.626. The lowest BCUT2D eigenvalue weighted by atomic mass is 10.0. The molecule has 1 amide bonds. The number of nitriles is 1. The highest BCUT2D eigenvalue weighted by molar-refractivity contribution is 7.20. The van der Waals surface area contributed by atoms with E-state index in [1.54, 1.807) is 19.1 Å². The second-order valence-corrected chi connectivity index (χ2v) is 7.82. The molecule has 4 N–H and O–H groups in total.